The summed E-state index contributed by atoms with van der Waals surface area (Å²) < 4.78 is 5.64. The Balaban J connectivity index is 2.30. The maximum absolute atomic E-state index is 11.5. The van der Waals surface area contributed by atoms with E-state index in [4.69, 9.17) is 10.5 Å². The van der Waals surface area contributed by atoms with Gasteiger partial charge in [-0.2, -0.15) is 0 Å². The fourth-order valence-electron chi connectivity index (χ4n) is 2.56. The van der Waals surface area contributed by atoms with Crippen LogP contribution < -0.4 is 10.5 Å². The van der Waals surface area contributed by atoms with E-state index in [1.54, 1.807) is 4.90 Å². The van der Waals surface area contributed by atoms with Gasteiger partial charge in [-0.25, -0.2) is 4.79 Å². The van der Waals surface area contributed by atoms with Crippen LogP contribution in [0.3, 0.4) is 0 Å². The number of rotatable bonds is 3. The SMILES string of the molecule is CCOc1ccccc1C1CCCCN1C(N)=O. The molecule has 1 saturated heterocycles. The van der Waals surface area contributed by atoms with Gasteiger partial charge < -0.3 is 15.4 Å². The molecule has 1 aliphatic rings. The van der Waals surface area contributed by atoms with Crippen LogP contribution in [0.4, 0.5) is 4.79 Å². The van der Waals surface area contributed by atoms with Gasteiger partial charge in [0.15, 0.2) is 0 Å². The number of carbonyl (C=O) groups is 1. The number of urea groups is 1. The van der Waals surface area contributed by atoms with Gasteiger partial charge in [-0.05, 0) is 32.3 Å². The number of hydrogen-bond acceptors (Lipinski definition) is 2. The molecule has 0 aliphatic carbocycles. The first-order chi connectivity index (χ1) is 8.74. The summed E-state index contributed by atoms with van der Waals surface area (Å²) in [7, 11) is 0. The quantitative estimate of drug-likeness (QED) is 0.894. The number of carbonyl (C=O) groups excluding carboxylic acids is 1. The van der Waals surface area contributed by atoms with Gasteiger partial charge in [-0.1, -0.05) is 18.2 Å². The van der Waals surface area contributed by atoms with Gasteiger partial charge >= 0.3 is 6.03 Å². The van der Waals surface area contributed by atoms with Crippen molar-refractivity contribution in [2.75, 3.05) is 13.2 Å². The van der Waals surface area contributed by atoms with Crippen molar-refractivity contribution >= 4 is 6.03 Å². The highest BCUT2D eigenvalue weighted by Gasteiger charge is 2.28. The third-order valence-corrected chi connectivity index (χ3v) is 3.36. The Morgan fingerprint density at radius 1 is 1.44 bits per heavy atom. The maximum Gasteiger partial charge on any atom is 0.315 e. The second-order valence-electron chi connectivity index (χ2n) is 4.51. The summed E-state index contributed by atoms with van der Waals surface area (Å²) in [5.41, 5.74) is 6.53. The normalized spacial score (nSPS) is 19.6. The smallest absolute Gasteiger partial charge is 0.315 e. The second-order valence-corrected chi connectivity index (χ2v) is 4.51. The first-order valence-corrected chi connectivity index (χ1v) is 6.52. The van der Waals surface area contributed by atoms with Gasteiger partial charge in [-0.15, -0.1) is 0 Å². The zero-order valence-electron chi connectivity index (χ0n) is 10.8. The Morgan fingerprint density at radius 3 is 2.94 bits per heavy atom. The molecule has 0 bridgehead atoms. The predicted octanol–water partition coefficient (Wildman–Crippen LogP) is 2.69. The third-order valence-electron chi connectivity index (χ3n) is 3.36. The van der Waals surface area contributed by atoms with Gasteiger partial charge in [0.05, 0.1) is 12.6 Å². The molecule has 4 nitrogen and oxygen atoms in total. The molecule has 18 heavy (non-hydrogen) atoms. The minimum Gasteiger partial charge on any atom is -0.494 e. The molecular formula is C14H20N2O2. The highest BCUT2D eigenvalue weighted by atomic mass is 16.5. The number of para-hydroxylation sites is 1. The highest BCUT2D eigenvalue weighted by molar-refractivity contribution is 5.73. The van der Waals surface area contributed by atoms with Gasteiger partial charge in [0.1, 0.15) is 5.75 Å². The average molecular weight is 248 g/mol. The predicted molar refractivity (Wildman–Crippen MR) is 70.5 cm³/mol. The van der Waals surface area contributed by atoms with E-state index < -0.39 is 0 Å². The van der Waals surface area contributed by atoms with E-state index in [1.165, 1.54) is 0 Å². The summed E-state index contributed by atoms with van der Waals surface area (Å²) in [6, 6.07) is 7.62. The molecule has 1 aromatic carbocycles. The van der Waals surface area contributed by atoms with Crippen LogP contribution in [0.1, 0.15) is 37.8 Å². The highest BCUT2D eigenvalue weighted by Crippen LogP contribution is 2.35. The van der Waals surface area contributed by atoms with Crippen LogP contribution in [0.2, 0.25) is 0 Å². The largest absolute Gasteiger partial charge is 0.494 e. The molecular weight excluding hydrogens is 228 g/mol. The Hall–Kier alpha value is -1.71. The summed E-state index contributed by atoms with van der Waals surface area (Å²) in [5, 5.41) is 0. The lowest BCUT2D eigenvalue weighted by Gasteiger charge is -2.35. The lowest BCUT2D eigenvalue weighted by Crippen LogP contribution is -2.41. The minimum absolute atomic E-state index is 0.0546. The molecule has 1 aliphatic heterocycles. The molecule has 2 amide bonds. The summed E-state index contributed by atoms with van der Waals surface area (Å²) in [6.07, 6.45) is 3.10. The van der Waals surface area contributed by atoms with Crippen molar-refractivity contribution in [2.24, 2.45) is 5.73 Å². The van der Waals surface area contributed by atoms with Crippen molar-refractivity contribution < 1.29 is 9.53 Å². The number of nitrogens with zero attached hydrogens (tertiary/aromatic N) is 1. The molecule has 0 spiro atoms. The van der Waals surface area contributed by atoms with Crippen molar-refractivity contribution in [2.45, 2.75) is 32.2 Å². The number of hydrogen-bond donors (Lipinski definition) is 1. The molecule has 2 N–H and O–H groups in total. The van der Waals surface area contributed by atoms with Crippen LogP contribution in [0.25, 0.3) is 0 Å². The molecule has 1 atom stereocenters. The van der Waals surface area contributed by atoms with Crippen molar-refractivity contribution in [1.29, 1.82) is 0 Å². The maximum atomic E-state index is 11.5. The number of nitrogens with two attached hydrogens (primary N) is 1. The summed E-state index contributed by atoms with van der Waals surface area (Å²) in [5.74, 6) is 0.859. The molecule has 98 valence electrons. The van der Waals surface area contributed by atoms with E-state index in [9.17, 15) is 4.79 Å². The zero-order valence-corrected chi connectivity index (χ0v) is 10.8. The van der Waals surface area contributed by atoms with Gasteiger partial charge in [0.2, 0.25) is 0 Å². The molecule has 4 heteroatoms. The average Bonchev–Trinajstić information content (AvgIpc) is 2.40. The van der Waals surface area contributed by atoms with Crippen molar-refractivity contribution in [3.05, 3.63) is 29.8 Å². The van der Waals surface area contributed by atoms with Crippen molar-refractivity contribution in [3.63, 3.8) is 0 Å². The van der Waals surface area contributed by atoms with Gasteiger partial charge in [-0.3, -0.25) is 0 Å². The standard InChI is InChI=1S/C14H20N2O2/c1-2-18-13-9-4-3-7-11(13)12-8-5-6-10-16(12)14(15)17/h3-4,7,9,12H,2,5-6,8,10H2,1H3,(H2,15,17). The third kappa shape index (κ3) is 2.58. The number of likely N-dealkylation sites (tertiary alicyclic amines) is 1. The van der Waals surface area contributed by atoms with Crippen LogP contribution >= 0.6 is 0 Å². The Morgan fingerprint density at radius 2 is 2.22 bits per heavy atom. The topological polar surface area (TPSA) is 55.6 Å². The van der Waals surface area contributed by atoms with E-state index in [0.717, 1.165) is 37.1 Å². The molecule has 1 aromatic rings. The lowest BCUT2D eigenvalue weighted by molar-refractivity contribution is 0.157. The van der Waals surface area contributed by atoms with E-state index in [2.05, 4.69) is 0 Å². The van der Waals surface area contributed by atoms with Crippen molar-refractivity contribution in [1.82, 2.24) is 4.90 Å². The molecule has 2 rings (SSSR count). The molecule has 0 saturated carbocycles. The number of benzene rings is 1. The fourth-order valence-corrected chi connectivity index (χ4v) is 2.56. The van der Waals surface area contributed by atoms with Crippen LogP contribution in [-0.2, 0) is 0 Å². The van der Waals surface area contributed by atoms with Crippen LogP contribution in [0.15, 0.2) is 24.3 Å². The number of amides is 2. The lowest BCUT2D eigenvalue weighted by atomic mass is 9.95. The monoisotopic (exact) mass is 248 g/mol. The van der Waals surface area contributed by atoms with Gasteiger partial charge in [0.25, 0.3) is 0 Å². The fraction of sp³-hybridized carbons (Fsp3) is 0.500. The number of piperidine rings is 1. The van der Waals surface area contributed by atoms with Crippen LogP contribution in [0.5, 0.6) is 5.75 Å². The molecule has 1 fully saturated rings. The molecule has 0 radical (unpaired) electrons. The number of ether oxygens (including phenoxy) is 1. The first-order valence-electron chi connectivity index (χ1n) is 6.52. The van der Waals surface area contributed by atoms with Crippen molar-refractivity contribution in [3.8, 4) is 5.75 Å². The van der Waals surface area contributed by atoms with Crippen LogP contribution in [0, 0.1) is 0 Å². The summed E-state index contributed by atoms with van der Waals surface area (Å²) >= 11 is 0. The summed E-state index contributed by atoms with van der Waals surface area (Å²) in [6.45, 7) is 3.32. The van der Waals surface area contributed by atoms with E-state index >= 15 is 0 Å². The second kappa shape index (κ2) is 5.76. The first kappa shape index (κ1) is 12.7. The van der Waals surface area contributed by atoms with Crippen LogP contribution in [-0.4, -0.2) is 24.1 Å². The zero-order chi connectivity index (χ0) is 13.0. The van der Waals surface area contributed by atoms with Gasteiger partial charge in [0, 0.05) is 12.1 Å². The van der Waals surface area contributed by atoms with E-state index in [0.29, 0.717) is 6.61 Å². The van der Waals surface area contributed by atoms with E-state index in [-0.39, 0.29) is 12.1 Å². The Labute approximate surface area is 108 Å². The molecule has 1 heterocycles. The molecule has 1 unspecified atom stereocenters. The summed E-state index contributed by atoms with van der Waals surface area (Å²) in [4.78, 5) is 13.3. The minimum atomic E-state index is -0.342. The molecule has 0 aromatic heterocycles. The Kier molecular flexibility index (Phi) is 4.07. The van der Waals surface area contributed by atoms with E-state index in [1.807, 2.05) is 31.2 Å². The Bertz CT molecular complexity index is 420. The number of primary amides is 1.